The molecule has 4 fully saturated rings. The van der Waals surface area contributed by atoms with Gasteiger partial charge >= 0.3 is 0 Å². The highest BCUT2D eigenvalue weighted by molar-refractivity contribution is 6.11. The summed E-state index contributed by atoms with van der Waals surface area (Å²) >= 11 is 0. The van der Waals surface area contributed by atoms with E-state index in [2.05, 4.69) is 62.2 Å². The topological polar surface area (TPSA) is 212 Å². The van der Waals surface area contributed by atoms with E-state index < -0.39 is 23.7 Å². The molecule has 0 spiro atoms. The van der Waals surface area contributed by atoms with Crippen molar-refractivity contribution in [1.82, 2.24) is 56.9 Å². The number of H-pyrrole nitrogens is 3. The zero-order valence-electron chi connectivity index (χ0n) is 29.1. The molecule has 54 heavy (non-hydrogen) atoms. The van der Waals surface area contributed by atoms with E-state index in [9.17, 15) is 14.4 Å². The number of hydrogen-bond donors (Lipinski definition) is 6. The number of halogens is 1. The molecule has 10 rings (SSSR count). The van der Waals surface area contributed by atoms with Crippen molar-refractivity contribution in [1.29, 1.82) is 0 Å². The Labute approximate surface area is 307 Å². The Bertz CT molecular complexity index is 2270. The predicted molar refractivity (Wildman–Crippen MR) is 194 cm³/mol. The number of hydrogen-bond acceptors (Lipinski definition) is 9. The molecule has 6 aromatic rings. The predicted octanol–water partition coefficient (Wildman–Crippen LogP) is 4.59. The fourth-order valence-electron chi connectivity index (χ4n) is 9.44. The fourth-order valence-corrected chi connectivity index (χ4v) is 9.44. The zero-order valence-corrected chi connectivity index (χ0v) is 29.1. The van der Waals surface area contributed by atoms with Crippen LogP contribution in [0.3, 0.4) is 0 Å². The van der Waals surface area contributed by atoms with Crippen molar-refractivity contribution in [3.63, 3.8) is 0 Å². The Hall–Kier alpha value is -6.32. The standard InChI is InChI=1S/C38H37FN12O3/c39-30-4-2-1-3-23(30)14-32(37(54)42-27-11-25(33-44-48-49-45-33)10-26(12-27)34-46-50-51-47-34)43-36(53)29-15-31-24(5-6-40-31)13-28(29)35(52)41-19-38-16-20-7-21(17-38)9-22(8-20)18-38/h1-6,10-13,15,20-22,32,40H,7-9,14,16-19H2,(H,41,52)(H,42,54)(H,43,53)(H,44,45,48,49)(H,46,47,50,51). The third kappa shape index (κ3) is 6.58. The first-order valence-electron chi connectivity index (χ1n) is 18.2. The molecule has 1 atom stereocenters. The minimum atomic E-state index is -1.26. The number of aromatic amines is 3. The average Bonchev–Trinajstić information content (AvgIpc) is 3.97. The molecule has 4 saturated carbocycles. The first kappa shape index (κ1) is 33.5. The molecule has 15 nitrogen and oxygen atoms in total. The van der Waals surface area contributed by atoms with Crippen molar-refractivity contribution in [2.45, 2.75) is 51.0 Å². The van der Waals surface area contributed by atoms with Gasteiger partial charge in [0.15, 0.2) is 11.6 Å². The van der Waals surface area contributed by atoms with Gasteiger partial charge in [0.05, 0.1) is 11.1 Å². The quantitative estimate of drug-likeness (QED) is 0.110. The molecule has 16 heteroatoms. The van der Waals surface area contributed by atoms with Gasteiger partial charge in [0, 0.05) is 46.9 Å². The Kier molecular flexibility index (Phi) is 8.43. The summed E-state index contributed by atoms with van der Waals surface area (Å²) < 4.78 is 15.0. The lowest BCUT2D eigenvalue weighted by atomic mass is 9.49. The van der Waals surface area contributed by atoms with Gasteiger partial charge in [0.2, 0.25) is 5.91 Å². The van der Waals surface area contributed by atoms with Crippen molar-refractivity contribution in [2.24, 2.45) is 23.2 Å². The van der Waals surface area contributed by atoms with Crippen LogP contribution in [0.2, 0.25) is 0 Å². The van der Waals surface area contributed by atoms with E-state index in [1.54, 1.807) is 54.7 Å². The molecule has 0 saturated heterocycles. The van der Waals surface area contributed by atoms with Gasteiger partial charge in [-0.05, 0) is 131 Å². The molecular weight excluding hydrogens is 691 g/mol. The number of benzene rings is 3. The van der Waals surface area contributed by atoms with E-state index in [0.29, 0.717) is 40.5 Å². The van der Waals surface area contributed by atoms with Gasteiger partial charge in [-0.1, -0.05) is 18.2 Å². The van der Waals surface area contributed by atoms with Gasteiger partial charge < -0.3 is 20.9 Å². The summed E-state index contributed by atoms with van der Waals surface area (Å²) in [4.78, 5) is 45.6. The molecular formula is C38H37FN12O3. The Morgan fingerprint density at radius 3 is 2.09 bits per heavy atom. The lowest BCUT2D eigenvalue weighted by Gasteiger charge is -2.56. The van der Waals surface area contributed by atoms with E-state index >= 15 is 4.39 Å². The van der Waals surface area contributed by atoms with E-state index in [4.69, 9.17) is 0 Å². The highest BCUT2D eigenvalue weighted by Gasteiger charge is 2.50. The fraction of sp³-hybridized carbons (Fsp3) is 0.342. The first-order valence-corrected chi connectivity index (χ1v) is 18.2. The van der Waals surface area contributed by atoms with Crippen molar-refractivity contribution < 1.29 is 18.8 Å². The number of amides is 3. The van der Waals surface area contributed by atoms with Gasteiger partial charge in [-0.15, -0.1) is 10.2 Å². The lowest BCUT2D eigenvalue weighted by Crippen LogP contribution is -2.51. The number of rotatable bonds is 11. The Morgan fingerprint density at radius 2 is 1.46 bits per heavy atom. The molecule has 6 N–H and O–H groups in total. The second-order valence-corrected chi connectivity index (χ2v) is 15.2. The molecule has 3 heterocycles. The SMILES string of the molecule is O=C(NCC12CC3CC(CC(C3)C1)C2)c1cc2cc[nH]c2cc1C(=O)NC(Cc1ccccc1F)C(=O)Nc1cc(-c2nnn[nH]2)cc(-c2nnn[nH]2)c1. The normalized spacial score (nSPS) is 21.9. The second-order valence-electron chi connectivity index (χ2n) is 15.2. The molecule has 0 radical (unpaired) electrons. The molecule has 3 aromatic carbocycles. The van der Waals surface area contributed by atoms with Crippen molar-refractivity contribution in [3.05, 3.63) is 89.4 Å². The highest BCUT2D eigenvalue weighted by atomic mass is 19.1. The second kappa shape index (κ2) is 13.6. The molecule has 274 valence electrons. The number of nitrogens with one attached hydrogen (secondary N) is 6. The van der Waals surface area contributed by atoms with Crippen molar-refractivity contribution >= 4 is 34.3 Å². The number of aromatic nitrogens is 9. The van der Waals surface area contributed by atoms with Gasteiger partial charge in [0.1, 0.15) is 11.9 Å². The zero-order chi connectivity index (χ0) is 36.8. The summed E-state index contributed by atoms with van der Waals surface area (Å²) in [5.41, 5.74) is 2.61. The monoisotopic (exact) mass is 728 g/mol. The number of tetrazole rings is 2. The Morgan fingerprint density at radius 1 is 0.815 bits per heavy atom. The highest BCUT2D eigenvalue weighted by Crippen LogP contribution is 2.59. The number of anilines is 1. The van der Waals surface area contributed by atoms with Gasteiger partial charge in [-0.25, -0.2) is 14.6 Å². The van der Waals surface area contributed by atoms with Crippen LogP contribution in [0.5, 0.6) is 0 Å². The van der Waals surface area contributed by atoms with Crippen LogP contribution in [0.15, 0.2) is 66.9 Å². The number of carbonyl (C=O) groups excluding carboxylic acids is 3. The van der Waals surface area contributed by atoms with Crippen molar-refractivity contribution in [2.75, 3.05) is 11.9 Å². The first-order chi connectivity index (χ1) is 26.3. The maximum atomic E-state index is 15.0. The number of carbonyl (C=O) groups is 3. The summed E-state index contributed by atoms with van der Waals surface area (Å²) in [5.74, 6) is 0.688. The summed E-state index contributed by atoms with van der Waals surface area (Å²) in [5, 5.41) is 37.6. The molecule has 4 aliphatic carbocycles. The molecule has 4 bridgehead atoms. The molecule has 0 aliphatic heterocycles. The third-order valence-electron chi connectivity index (χ3n) is 11.4. The summed E-state index contributed by atoms with van der Waals surface area (Å²) in [6, 6.07) is 15.0. The minimum absolute atomic E-state index is 0.0963. The minimum Gasteiger partial charge on any atom is -0.361 e. The van der Waals surface area contributed by atoms with Crippen LogP contribution in [-0.2, 0) is 11.2 Å². The smallest absolute Gasteiger partial charge is 0.252 e. The van der Waals surface area contributed by atoms with Crippen LogP contribution in [0.1, 0.15) is 64.8 Å². The molecule has 3 amide bonds. The van der Waals surface area contributed by atoms with Crippen LogP contribution in [0.4, 0.5) is 10.1 Å². The molecule has 3 aromatic heterocycles. The van der Waals surface area contributed by atoms with E-state index in [1.165, 1.54) is 25.3 Å². The van der Waals surface area contributed by atoms with Gasteiger partial charge in [-0.2, -0.15) is 0 Å². The van der Waals surface area contributed by atoms with Crippen LogP contribution in [-0.4, -0.2) is 76.5 Å². The van der Waals surface area contributed by atoms with E-state index in [0.717, 1.165) is 42.4 Å². The van der Waals surface area contributed by atoms with Crippen LogP contribution in [0.25, 0.3) is 33.7 Å². The maximum absolute atomic E-state index is 15.0. The van der Waals surface area contributed by atoms with Crippen LogP contribution < -0.4 is 16.0 Å². The maximum Gasteiger partial charge on any atom is 0.252 e. The Balaban J connectivity index is 1.00. The summed E-state index contributed by atoms with van der Waals surface area (Å²) in [6.45, 7) is 0.565. The largest absolute Gasteiger partial charge is 0.361 e. The van der Waals surface area contributed by atoms with Gasteiger partial charge in [0.25, 0.3) is 11.8 Å². The van der Waals surface area contributed by atoms with Crippen LogP contribution >= 0.6 is 0 Å². The number of fused-ring (bicyclic) bond motifs is 1. The summed E-state index contributed by atoms with van der Waals surface area (Å²) in [7, 11) is 0. The number of nitrogens with zero attached hydrogens (tertiary/aromatic N) is 6. The average molecular weight is 729 g/mol. The lowest BCUT2D eigenvalue weighted by molar-refractivity contribution is -0.118. The molecule has 1 unspecified atom stereocenters. The summed E-state index contributed by atoms with van der Waals surface area (Å²) in [6.07, 6.45) is 8.86. The molecule has 4 aliphatic rings. The van der Waals surface area contributed by atoms with Crippen molar-refractivity contribution in [3.8, 4) is 22.8 Å². The van der Waals surface area contributed by atoms with E-state index in [1.807, 2.05) is 6.07 Å². The van der Waals surface area contributed by atoms with Crippen LogP contribution in [0, 0.1) is 29.0 Å². The third-order valence-corrected chi connectivity index (χ3v) is 11.4. The van der Waals surface area contributed by atoms with E-state index in [-0.39, 0.29) is 34.4 Å². The van der Waals surface area contributed by atoms with Gasteiger partial charge in [-0.3, -0.25) is 14.4 Å².